The summed E-state index contributed by atoms with van der Waals surface area (Å²) in [5, 5.41) is 40.2. The highest BCUT2D eigenvalue weighted by Gasteiger charge is 2.35. The van der Waals surface area contributed by atoms with Crippen molar-refractivity contribution in [1.29, 1.82) is 0 Å². The van der Waals surface area contributed by atoms with Gasteiger partial charge in [0.15, 0.2) is 0 Å². The van der Waals surface area contributed by atoms with Gasteiger partial charge in [-0.1, -0.05) is 24.3 Å². The number of aliphatic hydroxyl groups excluding tert-OH is 2. The maximum Gasteiger partial charge on any atom is 0.122 e. The van der Waals surface area contributed by atoms with Crippen LogP contribution in [0.15, 0.2) is 24.3 Å². The molecule has 1 fully saturated rings. The Balaban J connectivity index is 2.17. The molecule has 4 N–H and O–H groups in total. The van der Waals surface area contributed by atoms with Crippen LogP contribution in [0.3, 0.4) is 0 Å². The molecule has 3 rings (SSSR count). The Morgan fingerprint density at radius 1 is 0.852 bits per heavy atom. The molecule has 5 heteroatoms. The van der Waals surface area contributed by atoms with Crippen LogP contribution in [0.2, 0.25) is 0 Å². The first kappa shape index (κ1) is 19.7. The van der Waals surface area contributed by atoms with E-state index in [2.05, 4.69) is 0 Å². The second-order valence-corrected chi connectivity index (χ2v) is 7.42. The van der Waals surface area contributed by atoms with E-state index in [1.54, 1.807) is 0 Å². The van der Waals surface area contributed by atoms with E-state index in [9.17, 15) is 20.4 Å². The molecule has 0 aromatic heterocycles. The zero-order valence-corrected chi connectivity index (χ0v) is 15.9. The summed E-state index contributed by atoms with van der Waals surface area (Å²) in [6, 6.07) is 7.62. The lowest BCUT2D eigenvalue weighted by Crippen LogP contribution is -2.34. The minimum Gasteiger partial charge on any atom is -0.507 e. The second-order valence-electron chi connectivity index (χ2n) is 7.42. The highest BCUT2D eigenvalue weighted by molar-refractivity contribution is 5.54. The zero-order valence-electron chi connectivity index (χ0n) is 15.9. The topological polar surface area (TPSA) is 90.2 Å². The van der Waals surface area contributed by atoms with Crippen molar-refractivity contribution in [1.82, 2.24) is 0 Å². The molecule has 1 aliphatic rings. The Hall–Kier alpha value is -2.08. The lowest BCUT2D eigenvalue weighted by Gasteiger charge is -2.36. The molecule has 5 nitrogen and oxygen atoms in total. The number of hydrogen-bond donors (Lipinski definition) is 4. The van der Waals surface area contributed by atoms with Gasteiger partial charge >= 0.3 is 0 Å². The van der Waals surface area contributed by atoms with Crippen molar-refractivity contribution < 1.29 is 25.2 Å². The average molecular weight is 372 g/mol. The first-order valence-electron chi connectivity index (χ1n) is 9.40. The van der Waals surface area contributed by atoms with Gasteiger partial charge in [0.25, 0.3) is 0 Å². The standard InChI is InChI=1S/C22H28O5/c1-13-7-15(3-5-23)9-18(21(13)25)20(17-11-27-12-17)19-10-16(4-6-24)8-14(2)22(19)26/h7-10,17,20,23-26H,3-6,11-12H2,1-2H3. The number of aryl methyl sites for hydroxylation is 2. The van der Waals surface area contributed by atoms with Crippen molar-refractivity contribution in [3.05, 3.63) is 57.6 Å². The minimum absolute atomic E-state index is 0.0389. The molecule has 1 saturated heterocycles. The van der Waals surface area contributed by atoms with Crippen LogP contribution < -0.4 is 0 Å². The Kier molecular flexibility index (Phi) is 6.05. The Labute approximate surface area is 159 Å². The summed E-state index contributed by atoms with van der Waals surface area (Å²) in [5.41, 5.74) is 4.92. The van der Waals surface area contributed by atoms with Gasteiger partial charge in [0, 0.05) is 36.2 Å². The molecule has 0 bridgehead atoms. The van der Waals surface area contributed by atoms with Crippen LogP contribution in [0.4, 0.5) is 0 Å². The number of aromatic hydroxyl groups is 2. The van der Waals surface area contributed by atoms with E-state index in [1.807, 2.05) is 38.1 Å². The quantitative estimate of drug-likeness (QED) is 0.600. The van der Waals surface area contributed by atoms with Crippen molar-refractivity contribution in [2.75, 3.05) is 26.4 Å². The fourth-order valence-electron chi connectivity index (χ4n) is 3.91. The highest BCUT2D eigenvalue weighted by Crippen LogP contribution is 2.45. The van der Waals surface area contributed by atoms with E-state index >= 15 is 0 Å². The smallest absolute Gasteiger partial charge is 0.122 e. The van der Waals surface area contributed by atoms with E-state index < -0.39 is 0 Å². The summed E-state index contributed by atoms with van der Waals surface area (Å²) in [6.45, 7) is 4.91. The minimum atomic E-state index is -0.214. The van der Waals surface area contributed by atoms with Crippen molar-refractivity contribution in [2.45, 2.75) is 32.6 Å². The molecule has 0 unspecified atom stereocenters. The third-order valence-electron chi connectivity index (χ3n) is 5.39. The molecule has 0 aliphatic carbocycles. The Bertz CT molecular complexity index is 749. The largest absolute Gasteiger partial charge is 0.507 e. The Morgan fingerprint density at radius 3 is 1.63 bits per heavy atom. The predicted octanol–water partition coefficient (Wildman–Crippen LogP) is 2.56. The van der Waals surface area contributed by atoms with Crippen LogP contribution in [-0.4, -0.2) is 46.9 Å². The van der Waals surface area contributed by atoms with Crippen LogP contribution in [0.25, 0.3) is 0 Å². The third-order valence-corrected chi connectivity index (χ3v) is 5.39. The van der Waals surface area contributed by atoms with Crippen LogP contribution in [0, 0.1) is 19.8 Å². The fourth-order valence-corrected chi connectivity index (χ4v) is 3.91. The van der Waals surface area contributed by atoms with Crippen molar-refractivity contribution >= 4 is 0 Å². The van der Waals surface area contributed by atoms with Gasteiger partial charge in [-0.15, -0.1) is 0 Å². The van der Waals surface area contributed by atoms with Crippen molar-refractivity contribution in [3.8, 4) is 11.5 Å². The molecule has 0 radical (unpaired) electrons. The molecular weight excluding hydrogens is 344 g/mol. The number of ether oxygens (including phenoxy) is 1. The summed E-state index contributed by atoms with van der Waals surface area (Å²) in [4.78, 5) is 0. The third kappa shape index (κ3) is 3.95. The lowest BCUT2D eigenvalue weighted by atomic mass is 9.76. The van der Waals surface area contributed by atoms with Crippen molar-refractivity contribution in [3.63, 3.8) is 0 Å². The SMILES string of the molecule is Cc1cc(CCO)cc(C(c2cc(CCO)cc(C)c2O)C2COC2)c1O. The molecule has 0 amide bonds. The Morgan fingerprint density at radius 2 is 1.30 bits per heavy atom. The number of phenols is 2. The number of rotatable bonds is 7. The molecular formula is C22H28O5. The summed E-state index contributed by atoms with van der Waals surface area (Å²) in [5.74, 6) is 0.374. The zero-order chi connectivity index (χ0) is 19.6. The van der Waals surface area contributed by atoms with E-state index in [4.69, 9.17) is 4.74 Å². The van der Waals surface area contributed by atoms with Crippen LogP contribution in [0.1, 0.15) is 39.3 Å². The van der Waals surface area contributed by atoms with E-state index in [0.717, 1.165) is 33.4 Å². The highest BCUT2D eigenvalue weighted by atomic mass is 16.5. The maximum absolute atomic E-state index is 10.8. The molecule has 2 aromatic carbocycles. The first-order chi connectivity index (χ1) is 13.0. The van der Waals surface area contributed by atoms with Gasteiger partial charge in [-0.3, -0.25) is 0 Å². The summed E-state index contributed by atoms with van der Waals surface area (Å²) in [6.07, 6.45) is 1.02. The summed E-state index contributed by atoms with van der Waals surface area (Å²) in [7, 11) is 0. The van der Waals surface area contributed by atoms with Crippen LogP contribution in [0.5, 0.6) is 11.5 Å². The molecule has 0 spiro atoms. The molecule has 0 atom stereocenters. The predicted molar refractivity (Wildman–Crippen MR) is 103 cm³/mol. The van der Waals surface area contributed by atoms with Gasteiger partial charge in [-0.25, -0.2) is 0 Å². The van der Waals surface area contributed by atoms with Crippen LogP contribution >= 0.6 is 0 Å². The molecule has 1 aliphatic heterocycles. The summed E-state index contributed by atoms with van der Waals surface area (Å²) < 4.78 is 5.41. The fraction of sp³-hybridized carbons (Fsp3) is 0.455. The van der Waals surface area contributed by atoms with Crippen molar-refractivity contribution in [2.24, 2.45) is 5.92 Å². The van der Waals surface area contributed by atoms with Gasteiger partial charge in [0.05, 0.1) is 13.2 Å². The molecule has 0 saturated carbocycles. The first-order valence-corrected chi connectivity index (χ1v) is 9.40. The average Bonchev–Trinajstić information content (AvgIpc) is 2.58. The normalized spacial score (nSPS) is 14.6. The van der Waals surface area contributed by atoms with E-state index in [-0.39, 0.29) is 36.5 Å². The number of hydrogen-bond acceptors (Lipinski definition) is 5. The van der Waals surface area contributed by atoms with Gasteiger partial charge in [0.1, 0.15) is 11.5 Å². The summed E-state index contributed by atoms with van der Waals surface area (Å²) >= 11 is 0. The molecule has 27 heavy (non-hydrogen) atoms. The number of aliphatic hydroxyl groups is 2. The number of phenolic OH excluding ortho intramolecular Hbond substituents is 2. The van der Waals surface area contributed by atoms with Gasteiger partial charge in [-0.05, 0) is 48.9 Å². The van der Waals surface area contributed by atoms with Gasteiger partial charge in [-0.2, -0.15) is 0 Å². The monoisotopic (exact) mass is 372 g/mol. The van der Waals surface area contributed by atoms with Crippen LogP contribution in [-0.2, 0) is 17.6 Å². The number of benzene rings is 2. The van der Waals surface area contributed by atoms with Gasteiger partial charge in [0.2, 0.25) is 0 Å². The molecule has 2 aromatic rings. The van der Waals surface area contributed by atoms with E-state index in [0.29, 0.717) is 26.1 Å². The second kappa shape index (κ2) is 8.30. The molecule has 146 valence electrons. The lowest BCUT2D eigenvalue weighted by molar-refractivity contribution is -0.0397. The molecule has 1 heterocycles. The van der Waals surface area contributed by atoms with Gasteiger partial charge < -0.3 is 25.2 Å². The van der Waals surface area contributed by atoms with E-state index in [1.165, 1.54) is 0 Å². The maximum atomic E-state index is 10.8.